The topological polar surface area (TPSA) is 43.5 Å². The van der Waals surface area contributed by atoms with Crippen LogP contribution in [0.4, 0.5) is 0 Å². The molecule has 0 atom stereocenters. The third-order valence-corrected chi connectivity index (χ3v) is 2.56. The van der Waals surface area contributed by atoms with E-state index >= 15 is 0 Å². The maximum atomic E-state index is 2.92. The second kappa shape index (κ2) is 9.24. The molecule has 2 nitrogen and oxygen atoms in total. The molecule has 3 N–H and O–H groups in total. The van der Waals surface area contributed by atoms with Crippen LogP contribution in [0.5, 0.6) is 0 Å². The molecule has 2 heterocycles. The van der Waals surface area contributed by atoms with E-state index in [1.807, 2.05) is 36.7 Å². The minimum absolute atomic E-state index is 0. The lowest BCUT2D eigenvalue weighted by molar-refractivity contribution is 0.824. The van der Waals surface area contributed by atoms with Crippen LogP contribution in [-0.2, 0) is 0 Å². The predicted octanol–water partition coefficient (Wildman–Crippen LogP) is 1.88. The standard InChI is InChI=1S/C6H7N.C4H7P.H2O/c1-2-4-6-7-5-3-1;1-2-4-5-3-1;/h1-7H;3H,1-2,4H2;1H2. The van der Waals surface area contributed by atoms with Crippen LogP contribution in [0, 0.1) is 0 Å². The molecule has 0 saturated carbocycles. The summed E-state index contributed by atoms with van der Waals surface area (Å²) in [6.07, 6.45) is 15.8. The van der Waals surface area contributed by atoms with Gasteiger partial charge in [-0.25, -0.2) is 0 Å². The first kappa shape index (κ1) is 12.2. The molecule has 0 unspecified atom stereocenters. The van der Waals surface area contributed by atoms with Gasteiger partial charge in [0.25, 0.3) is 0 Å². The summed E-state index contributed by atoms with van der Waals surface area (Å²) in [6, 6.07) is 0. The summed E-state index contributed by atoms with van der Waals surface area (Å²) < 4.78 is 0. The van der Waals surface area contributed by atoms with E-state index in [4.69, 9.17) is 0 Å². The summed E-state index contributed by atoms with van der Waals surface area (Å²) in [5.41, 5.74) is 0. The van der Waals surface area contributed by atoms with Gasteiger partial charge in [-0.05, 0) is 31.2 Å². The summed E-state index contributed by atoms with van der Waals surface area (Å²) in [5.74, 6) is 2.33. The normalized spacial score (nSPS) is 17.8. The monoisotopic (exact) mass is 197 g/mol. The molecule has 0 spiro atoms. The van der Waals surface area contributed by atoms with Crippen LogP contribution in [0.25, 0.3) is 0 Å². The fourth-order valence-corrected chi connectivity index (χ4v) is 1.78. The lowest BCUT2D eigenvalue weighted by atomic mass is 10.4. The highest BCUT2D eigenvalue weighted by molar-refractivity contribution is 7.38. The summed E-state index contributed by atoms with van der Waals surface area (Å²) in [5, 5.41) is 2.92. The molecule has 0 radical (unpaired) electrons. The van der Waals surface area contributed by atoms with Crippen LogP contribution in [0.15, 0.2) is 36.7 Å². The molecule has 2 aliphatic heterocycles. The van der Waals surface area contributed by atoms with Gasteiger partial charge in [-0.2, -0.15) is 0 Å². The maximum absolute atomic E-state index is 2.92. The third-order valence-electron chi connectivity index (χ3n) is 1.47. The number of hydrogen-bond donors (Lipinski definition) is 1. The Kier molecular flexibility index (Phi) is 8.64. The van der Waals surface area contributed by atoms with Gasteiger partial charge in [-0.1, -0.05) is 17.9 Å². The first-order chi connectivity index (χ1) is 6.00. The molecule has 13 heavy (non-hydrogen) atoms. The van der Waals surface area contributed by atoms with Gasteiger partial charge in [0.15, 0.2) is 0 Å². The Balaban J connectivity index is 0.000000215. The second-order valence-corrected chi connectivity index (χ2v) is 3.68. The quantitative estimate of drug-likeness (QED) is 0.592. The van der Waals surface area contributed by atoms with Crippen LogP contribution in [0.1, 0.15) is 12.8 Å². The molecule has 2 rings (SSSR count). The van der Waals surface area contributed by atoms with E-state index in [1.165, 1.54) is 19.0 Å². The van der Waals surface area contributed by atoms with Crippen molar-refractivity contribution in [3.63, 3.8) is 0 Å². The van der Waals surface area contributed by atoms with E-state index < -0.39 is 0 Å². The Morgan fingerprint density at radius 1 is 1.00 bits per heavy atom. The van der Waals surface area contributed by atoms with Crippen molar-refractivity contribution in [1.82, 2.24) is 5.32 Å². The summed E-state index contributed by atoms with van der Waals surface area (Å²) in [6.45, 7) is 0. The first-order valence-corrected chi connectivity index (χ1v) is 5.38. The molecular formula is C10H16NOP. The SMILES string of the molecule is C1=CC=CNC=C1.C1=PCCC1.O. The number of hydrogen-bond acceptors (Lipinski definition) is 1. The zero-order valence-electron chi connectivity index (χ0n) is 7.61. The highest BCUT2D eigenvalue weighted by Crippen LogP contribution is 2.07. The Labute approximate surface area is 81.2 Å². The molecule has 0 aliphatic carbocycles. The molecular weight excluding hydrogens is 181 g/mol. The van der Waals surface area contributed by atoms with Gasteiger partial charge in [-0.15, -0.1) is 8.20 Å². The Morgan fingerprint density at radius 3 is 2.08 bits per heavy atom. The van der Waals surface area contributed by atoms with Crippen molar-refractivity contribution in [2.75, 3.05) is 6.16 Å². The first-order valence-electron chi connectivity index (χ1n) is 4.23. The van der Waals surface area contributed by atoms with Crippen molar-refractivity contribution in [2.24, 2.45) is 0 Å². The summed E-state index contributed by atoms with van der Waals surface area (Å²) >= 11 is 0. The minimum atomic E-state index is 0. The van der Waals surface area contributed by atoms with Gasteiger partial charge in [0.05, 0.1) is 0 Å². The van der Waals surface area contributed by atoms with Crippen LogP contribution >= 0.6 is 8.20 Å². The molecule has 0 aromatic heterocycles. The summed E-state index contributed by atoms with van der Waals surface area (Å²) in [4.78, 5) is 0. The van der Waals surface area contributed by atoms with Crippen LogP contribution < -0.4 is 5.32 Å². The molecule has 0 saturated heterocycles. The molecule has 0 fully saturated rings. The highest BCUT2D eigenvalue weighted by atomic mass is 31.1. The number of nitrogens with one attached hydrogen (secondary N) is 1. The van der Waals surface area contributed by atoms with Crippen molar-refractivity contribution in [3.8, 4) is 0 Å². The van der Waals surface area contributed by atoms with Crippen molar-refractivity contribution in [2.45, 2.75) is 12.8 Å². The fraction of sp³-hybridized carbons (Fsp3) is 0.300. The summed E-state index contributed by atoms with van der Waals surface area (Å²) in [7, 11) is 1.57. The van der Waals surface area contributed by atoms with Crippen molar-refractivity contribution in [3.05, 3.63) is 36.7 Å². The lowest BCUT2D eigenvalue weighted by Crippen LogP contribution is -1.87. The average Bonchev–Trinajstić information content (AvgIpc) is 2.54. The predicted molar refractivity (Wildman–Crippen MR) is 61.3 cm³/mol. The molecule has 72 valence electrons. The Morgan fingerprint density at radius 2 is 1.69 bits per heavy atom. The maximum Gasteiger partial charge on any atom is 0.000442 e. The van der Waals surface area contributed by atoms with Gasteiger partial charge >= 0.3 is 0 Å². The lowest BCUT2D eigenvalue weighted by Gasteiger charge is -1.79. The Bertz CT molecular complexity index is 199. The zero-order valence-corrected chi connectivity index (χ0v) is 8.50. The van der Waals surface area contributed by atoms with E-state index in [0.29, 0.717) is 0 Å². The van der Waals surface area contributed by atoms with E-state index in [1.54, 1.807) is 8.20 Å². The zero-order chi connectivity index (χ0) is 8.49. The van der Waals surface area contributed by atoms with E-state index in [9.17, 15) is 0 Å². The van der Waals surface area contributed by atoms with Gasteiger partial charge in [0.2, 0.25) is 0 Å². The van der Waals surface area contributed by atoms with Crippen LogP contribution in [0.3, 0.4) is 0 Å². The molecule has 0 bridgehead atoms. The van der Waals surface area contributed by atoms with E-state index in [-0.39, 0.29) is 5.48 Å². The van der Waals surface area contributed by atoms with Gasteiger partial charge in [-0.3, -0.25) is 0 Å². The fourth-order valence-electron chi connectivity index (χ4n) is 0.863. The highest BCUT2D eigenvalue weighted by Gasteiger charge is 1.85. The smallest absolute Gasteiger partial charge is 0.000442 e. The third kappa shape index (κ3) is 7.51. The van der Waals surface area contributed by atoms with Crippen molar-refractivity contribution < 1.29 is 5.48 Å². The average molecular weight is 197 g/mol. The largest absolute Gasteiger partial charge is 0.412 e. The van der Waals surface area contributed by atoms with Crippen molar-refractivity contribution >= 4 is 14.0 Å². The van der Waals surface area contributed by atoms with E-state index in [2.05, 4.69) is 11.1 Å². The van der Waals surface area contributed by atoms with Crippen molar-refractivity contribution in [1.29, 1.82) is 0 Å². The molecule has 0 aromatic carbocycles. The van der Waals surface area contributed by atoms with Gasteiger partial charge in [0, 0.05) is 12.4 Å². The Hall–Kier alpha value is -0.850. The van der Waals surface area contributed by atoms with Crippen LogP contribution in [0.2, 0.25) is 0 Å². The minimum Gasteiger partial charge on any atom is -0.412 e. The molecule has 2 aliphatic rings. The van der Waals surface area contributed by atoms with Crippen LogP contribution in [-0.4, -0.2) is 17.4 Å². The van der Waals surface area contributed by atoms with Gasteiger partial charge < -0.3 is 10.8 Å². The van der Waals surface area contributed by atoms with Gasteiger partial charge in [0.1, 0.15) is 0 Å². The second-order valence-electron chi connectivity index (χ2n) is 2.50. The molecule has 3 heteroatoms. The van der Waals surface area contributed by atoms with E-state index in [0.717, 1.165) is 0 Å². The molecule has 0 aromatic rings. The molecule has 0 amide bonds. The number of rotatable bonds is 0. The number of allylic oxidation sites excluding steroid dienone is 4.